The van der Waals surface area contributed by atoms with Crippen LogP contribution >= 0.6 is 11.3 Å². The lowest BCUT2D eigenvalue weighted by Gasteiger charge is -2.08. The van der Waals surface area contributed by atoms with Gasteiger partial charge in [-0.25, -0.2) is 9.97 Å². The first-order chi connectivity index (χ1) is 9.28. The number of benzene rings is 1. The Bertz CT molecular complexity index is 718. The molecule has 0 saturated carbocycles. The molecule has 3 nitrogen and oxygen atoms in total. The number of hydrogen-bond acceptors (Lipinski definition) is 4. The Balaban J connectivity index is 2.18. The number of fused-ring (bicyclic) bond motifs is 1. The molecule has 2 heterocycles. The number of anilines is 1. The summed E-state index contributed by atoms with van der Waals surface area (Å²) in [5.74, 6) is 1.68. The summed E-state index contributed by atoms with van der Waals surface area (Å²) in [6.45, 7) is 4.86. The van der Waals surface area contributed by atoms with Crippen LogP contribution in [0.15, 0.2) is 35.7 Å². The minimum Gasteiger partial charge on any atom is -0.370 e. The molecule has 0 radical (unpaired) electrons. The van der Waals surface area contributed by atoms with E-state index in [-0.39, 0.29) is 0 Å². The van der Waals surface area contributed by atoms with Gasteiger partial charge in [0.05, 0.1) is 5.69 Å². The molecule has 3 aromatic rings. The average Bonchev–Trinajstić information content (AvgIpc) is 2.86. The van der Waals surface area contributed by atoms with E-state index in [1.807, 2.05) is 13.0 Å². The third-order valence-corrected chi connectivity index (χ3v) is 3.91. The SMILES string of the molecule is CCNc1cc(-c2cccc3ccsc23)nc(C)n1. The highest BCUT2D eigenvalue weighted by atomic mass is 32.1. The number of aromatic nitrogens is 2. The lowest BCUT2D eigenvalue weighted by atomic mass is 10.1. The molecule has 96 valence electrons. The molecule has 0 aliphatic rings. The highest BCUT2D eigenvalue weighted by Crippen LogP contribution is 2.32. The molecule has 0 bridgehead atoms. The Morgan fingerprint density at radius 1 is 1.21 bits per heavy atom. The Kier molecular flexibility index (Phi) is 3.17. The first kappa shape index (κ1) is 12.1. The van der Waals surface area contributed by atoms with Crippen LogP contribution in [-0.4, -0.2) is 16.5 Å². The zero-order valence-corrected chi connectivity index (χ0v) is 11.8. The lowest BCUT2D eigenvalue weighted by Crippen LogP contribution is -2.02. The number of rotatable bonds is 3. The van der Waals surface area contributed by atoms with Gasteiger partial charge in [-0.2, -0.15) is 0 Å². The van der Waals surface area contributed by atoms with Gasteiger partial charge >= 0.3 is 0 Å². The number of aryl methyl sites for hydroxylation is 1. The fourth-order valence-electron chi connectivity index (χ4n) is 2.17. The average molecular weight is 269 g/mol. The molecule has 0 amide bonds. The van der Waals surface area contributed by atoms with E-state index in [2.05, 4.69) is 51.9 Å². The van der Waals surface area contributed by atoms with Gasteiger partial charge in [0, 0.05) is 22.9 Å². The number of hydrogen-bond donors (Lipinski definition) is 1. The van der Waals surface area contributed by atoms with Gasteiger partial charge in [0.15, 0.2) is 0 Å². The molecule has 0 saturated heterocycles. The van der Waals surface area contributed by atoms with E-state index in [0.717, 1.165) is 23.9 Å². The van der Waals surface area contributed by atoms with E-state index >= 15 is 0 Å². The Hall–Kier alpha value is -1.94. The standard InChI is InChI=1S/C15H15N3S/c1-3-16-14-9-13(17-10(2)18-14)12-6-4-5-11-7-8-19-15(11)12/h4-9H,3H2,1-2H3,(H,16,17,18). The predicted molar refractivity (Wildman–Crippen MR) is 81.8 cm³/mol. The molecule has 0 aliphatic heterocycles. The van der Waals surface area contributed by atoms with Crippen LogP contribution in [0.2, 0.25) is 0 Å². The number of thiophene rings is 1. The van der Waals surface area contributed by atoms with Crippen LogP contribution in [-0.2, 0) is 0 Å². The summed E-state index contributed by atoms with van der Waals surface area (Å²) in [5, 5.41) is 6.64. The van der Waals surface area contributed by atoms with E-state index < -0.39 is 0 Å². The van der Waals surface area contributed by atoms with Gasteiger partial charge in [-0.1, -0.05) is 18.2 Å². The van der Waals surface area contributed by atoms with Crippen molar-refractivity contribution >= 4 is 27.2 Å². The van der Waals surface area contributed by atoms with E-state index in [1.165, 1.54) is 15.6 Å². The summed E-state index contributed by atoms with van der Waals surface area (Å²) in [6.07, 6.45) is 0. The summed E-state index contributed by atoms with van der Waals surface area (Å²) < 4.78 is 1.28. The maximum Gasteiger partial charge on any atom is 0.130 e. The number of nitrogens with one attached hydrogen (secondary N) is 1. The predicted octanol–water partition coefficient (Wildman–Crippen LogP) is 4.10. The van der Waals surface area contributed by atoms with Gasteiger partial charge < -0.3 is 5.32 Å². The summed E-state index contributed by atoms with van der Waals surface area (Å²) in [6, 6.07) is 10.5. The molecule has 0 unspecified atom stereocenters. The summed E-state index contributed by atoms with van der Waals surface area (Å²) in [4.78, 5) is 8.97. The quantitative estimate of drug-likeness (QED) is 0.778. The first-order valence-electron chi connectivity index (χ1n) is 6.34. The summed E-state index contributed by atoms with van der Waals surface area (Å²) in [5.41, 5.74) is 2.16. The summed E-state index contributed by atoms with van der Waals surface area (Å²) in [7, 11) is 0. The van der Waals surface area contributed by atoms with E-state index in [9.17, 15) is 0 Å². The van der Waals surface area contributed by atoms with Gasteiger partial charge in [-0.15, -0.1) is 11.3 Å². The van der Waals surface area contributed by atoms with Crippen LogP contribution in [0, 0.1) is 6.92 Å². The van der Waals surface area contributed by atoms with Crippen molar-refractivity contribution in [2.24, 2.45) is 0 Å². The van der Waals surface area contributed by atoms with Crippen molar-refractivity contribution in [1.29, 1.82) is 0 Å². The van der Waals surface area contributed by atoms with E-state index in [0.29, 0.717) is 0 Å². The topological polar surface area (TPSA) is 37.8 Å². The Morgan fingerprint density at radius 2 is 2.11 bits per heavy atom. The highest BCUT2D eigenvalue weighted by Gasteiger charge is 2.08. The molecule has 0 fully saturated rings. The minimum absolute atomic E-state index is 0.794. The molecule has 3 rings (SSSR count). The van der Waals surface area contributed by atoms with Crippen molar-refractivity contribution in [3.05, 3.63) is 41.5 Å². The van der Waals surface area contributed by atoms with Gasteiger partial charge in [0.25, 0.3) is 0 Å². The molecule has 1 N–H and O–H groups in total. The second-order valence-electron chi connectivity index (χ2n) is 4.36. The van der Waals surface area contributed by atoms with Gasteiger partial charge in [-0.3, -0.25) is 0 Å². The van der Waals surface area contributed by atoms with Gasteiger partial charge in [0.1, 0.15) is 11.6 Å². The van der Waals surface area contributed by atoms with Crippen molar-refractivity contribution in [3.8, 4) is 11.3 Å². The van der Waals surface area contributed by atoms with Crippen LogP contribution < -0.4 is 5.32 Å². The molecular weight excluding hydrogens is 254 g/mol. The highest BCUT2D eigenvalue weighted by molar-refractivity contribution is 7.17. The Labute approximate surface area is 116 Å². The third kappa shape index (κ3) is 2.31. The zero-order valence-electron chi connectivity index (χ0n) is 11.0. The van der Waals surface area contributed by atoms with Gasteiger partial charge in [0.2, 0.25) is 0 Å². The molecule has 0 atom stereocenters. The van der Waals surface area contributed by atoms with Crippen LogP contribution in [0.25, 0.3) is 21.3 Å². The van der Waals surface area contributed by atoms with Crippen LogP contribution in [0.5, 0.6) is 0 Å². The molecule has 0 aliphatic carbocycles. The largest absolute Gasteiger partial charge is 0.370 e. The van der Waals surface area contributed by atoms with Crippen molar-refractivity contribution in [2.45, 2.75) is 13.8 Å². The molecule has 0 spiro atoms. The molecular formula is C15H15N3S. The van der Waals surface area contributed by atoms with Crippen LogP contribution in [0.4, 0.5) is 5.82 Å². The smallest absolute Gasteiger partial charge is 0.130 e. The normalized spacial score (nSPS) is 10.8. The van der Waals surface area contributed by atoms with Crippen LogP contribution in [0.3, 0.4) is 0 Å². The van der Waals surface area contributed by atoms with Crippen molar-refractivity contribution < 1.29 is 0 Å². The molecule has 2 aromatic heterocycles. The van der Waals surface area contributed by atoms with Crippen molar-refractivity contribution in [1.82, 2.24) is 9.97 Å². The molecule has 19 heavy (non-hydrogen) atoms. The Morgan fingerprint density at radius 3 is 2.95 bits per heavy atom. The van der Waals surface area contributed by atoms with Crippen molar-refractivity contribution in [3.63, 3.8) is 0 Å². The first-order valence-corrected chi connectivity index (χ1v) is 7.22. The zero-order chi connectivity index (χ0) is 13.2. The molecule has 4 heteroatoms. The summed E-state index contributed by atoms with van der Waals surface area (Å²) >= 11 is 1.75. The molecule has 1 aromatic carbocycles. The third-order valence-electron chi connectivity index (χ3n) is 2.95. The van der Waals surface area contributed by atoms with Gasteiger partial charge in [-0.05, 0) is 30.7 Å². The van der Waals surface area contributed by atoms with E-state index in [4.69, 9.17) is 0 Å². The monoisotopic (exact) mass is 269 g/mol. The maximum absolute atomic E-state index is 4.57. The van der Waals surface area contributed by atoms with E-state index in [1.54, 1.807) is 11.3 Å². The lowest BCUT2D eigenvalue weighted by molar-refractivity contribution is 1.04. The van der Waals surface area contributed by atoms with Crippen molar-refractivity contribution in [2.75, 3.05) is 11.9 Å². The minimum atomic E-state index is 0.794. The van der Waals surface area contributed by atoms with Crippen LogP contribution in [0.1, 0.15) is 12.7 Å². The number of nitrogens with zero attached hydrogens (tertiary/aromatic N) is 2. The second-order valence-corrected chi connectivity index (χ2v) is 5.28. The maximum atomic E-state index is 4.57. The fourth-order valence-corrected chi connectivity index (χ4v) is 3.09. The second kappa shape index (κ2) is 4.97. The fraction of sp³-hybridized carbons (Fsp3) is 0.200.